The Bertz CT molecular complexity index is 4200. The highest BCUT2D eigenvalue weighted by Crippen LogP contribution is 2.44. The van der Waals surface area contributed by atoms with Gasteiger partial charge in [0, 0.05) is 66.6 Å². The van der Waals surface area contributed by atoms with Gasteiger partial charge in [-0.3, -0.25) is 9.13 Å². The maximum atomic E-state index is 7.57. The average molecular weight is 864 g/mol. The summed E-state index contributed by atoms with van der Waals surface area (Å²) in [5.41, 5.74) is 11.8. The first-order valence-corrected chi connectivity index (χ1v) is 22.7. The van der Waals surface area contributed by atoms with E-state index in [2.05, 4.69) is 212 Å². The Hall–Kier alpha value is -8.85. The molecular formula is C59H41N7O. The van der Waals surface area contributed by atoms with Crippen LogP contribution in [0.25, 0.3) is 122 Å². The van der Waals surface area contributed by atoms with Crippen molar-refractivity contribution in [1.29, 1.82) is 0 Å². The second-order valence-corrected chi connectivity index (χ2v) is 16.7. The van der Waals surface area contributed by atoms with Crippen LogP contribution in [0, 0.1) is 0 Å². The number of nitrogens with zero attached hydrogens (tertiary/aromatic N) is 7. The zero-order valence-corrected chi connectivity index (χ0v) is 36.5. The van der Waals surface area contributed by atoms with E-state index >= 15 is 0 Å². The minimum Gasteiger partial charge on any atom is -0.397 e. The number of hydrogen-bond acceptors (Lipinski definition) is 4. The van der Waals surface area contributed by atoms with Crippen molar-refractivity contribution in [3.8, 4) is 34.7 Å². The lowest BCUT2D eigenvalue weighted by molar-refractivity contribution is 0.318. The molecule has 0 aliphatic rings. The number of hydrogen-bond donors (Lipinski definition) is 1. The van der Waals surface area contributed by atoms with Crippen LogP contribution in [0.1, 0.15) is 6.92 Å². The minimum atomic E-state index is 0.250. The number of benzene rings is 9. The maximum Gasteiger partial charge on any atom is 0.240 e. The molecular weight excluding hydrogens is 823 g/mol. The molecule has 8 nitrogen and oxygen atoms in total. The molecule has 67 heavy (non-hydrogen) atoms. The lowest BCUT2D eigenvalue weighted by atomic mass is 10.1. The first-order valence-electron chi connectivity index (χ1n) is 22.7. The third-order valence-electron chi connectivity index (χ3n) is 13.0. The van der Waals surface area contributed by atoms with E-state index in [4.69, 9.17) is 20.1 Å². The molecule has 0 amide bonds. The molecule has 9 aromatic carbocycles. The molecule has 318 valence electrons. The number of aliphatic hydroxyl groups is 1. The number of aromatic nitrogens is 7. The van der Waals surface area contributed by atoms with Gasteiger partial charge in [0.25, 0.3) is 0 Å². The Balaban J connectivity index is 0.00000145. The summed E-state index contributed by atoms with van der Waals surface area (Å²) >= 11 is 0. The number of aliphatic hydroxyl groups excluding tert-OH is 1. The Labute approximate surface area is 384 Å². The molecule has 5 aromatic heterocycles. The average Bonchev–Trinajstić information content (AvgIpc) is 4.12. The molecule has 1 N–H and O–H groups in total. The standard InChI is InChI=1S/C57H35N7.C2H6O/c1-4-18-36(19-5-1)55-58-56(63-47-31-17-12-26-42(47)52-49(63)35-34-48-51(52)41-25-11-15-29-45(41)61(48)37-20-6-2-7-21-37)60-57(59-55)64-44-28-14-10-24-39(44)40-32-33-50-53(54(40)64)43-27-13-16-30-46(43)62(50)38-22-8-3-9-23-38;1-2-3/h1-35H;3H,2H2,1H3. The van der Waals surface area contributed by atoms with Gasteiger partial charge in [-0.2, -0.15) is 15.0 Å². The highest BCUT2D eigenvalue weighted by Gasteiger charge is 2.25. The third kappa shape index (κ3) is 5.80. The van der Waals surface area contributed by atoms with E-state index in [0.29, 0.717) is 17.7 Å². The van der Waals surface area contributed by atoms with Crippen LogP contribution in [-0.4, -0.2) is 44.9 Å². The van der Waals surface area contributed by atoms with E-state index in [1.165, 1.54) is 10.8 Å². The first kappa shape index (κ1) is 38.6. The van der Waals surface area contributed by atoms with Crippen LogP contribution in [-0.2, 0) is 0 Å². The fourth-order valence-electron chi connectivity index (χ4n) is 10.4. The smallest absolute Gasteiger partial charge is 0.240 e. The SMILES string of the molecule is CCO.c1ccc(-c2nc(-n3c4ccccc4c4c5c6ccccc6n(-c6ccccc6)c5ccc43)nc(-n3c4ccccc4c4ccc5c(c6ccccc6n5-c5ccccc5)c43)n2)cc1. The summed E-state index contributed by atoms with van der Waals surface area (Å²) in [6.45, 7) is 1.93. The van der Waals surface area contributed by atoms with Gasteiger partial charge in [-0.1, -0.05) is 146 Å². The molecule has 0 aliphatic heterocycles. The Morgan fingerprint density at radius 3 is 1.24 bits per heavy atom. The molecule has 0 aliphatic carbocycles. The van der Waals surface area contributed by atoms with Crippen LogP contribution in [0.3, 0.4) is 0 Å². The summed E-state index contributed by atoms with van der Waals surface area (Å²) in [5, 5.41) is 16.8. The second-order valence-electron chi connectivity index (χ2n) is 16.7. The molecule has 5 heterocycles. The molecule has 14 aromatic rings. The third-order valence-corrected chi connectivity index (χ3v) is 13.0. The number of para-hydroxylation sites is 6. The zero-order chi connectivity index (χ0) is 44.6. The van der Waals surface area contributed by atoms with Crippen molar-refractivity contribution in [2.75, 3.05) is 6.61 Å². The second kappa shape index (κ2) is 15.4. The monoisotopic (exact) mass is 863 g/mol. The van der Waals surface area contributed by atoms with Crippen molar-refractivity contribution in [3.63, 3.8) is 0 Å². The van der Waals surface area contributed by atoms with E-state index in [9.17, 15) is 0 Å². The van der Waals surface area contributed by atoms with Crippen LogP contribution >= 0.6 is 0 Å². The van der Waals surface area contributed by atoms with Gasteiger partial charge >= 0.3 is 0 Å². The van der Waals surface area contributed by atoms with E-state index in [1.54, 1.807) is 6.92 Å². The van der Waals surface area contributed by atoms with Crippen LogP contribution < -0.4 is 0 Å². The quantitative estimate of drug-likeness (QED) is 0.187. The van der Waals surface area contributed by atoms with Crippen LogP contribution in [0.2, 0.25) is 0 Å². The van der Waals surface area contributed by atoms with E-state index in [-0.39, 0.29) is 6.61 Å². The summed E-state index contributed by atoms with van der Waals surface area (Å²) < 4.78 is 9.25. The molecule has 0 bridgehead atoms. The lowest BCUT2D eigenvalue weighted by Crippen LogP contribution is -2.10. The predicted molar refractivity (Wildman–Crippen MR) is 275 cm³/mol. The Morgan fingerprint density at radius 1 is 0.328 bits per heavy atom. The van der Waals surface area contributed by atoms with Gasteiger partial charge in [0.1, 0.15) is 0 Å². The van der Waals surface area contributed by atoms with Crippen molar-refractivity contribution < 1.29 is 5.11 Å². The predicted octanol–water partition coefficient (Wildman–Crippen LogP) is 13.9. The zero-order valence-electron chi connectivity index (χ0n) is 36.5. The maximum absolute atomic E-state index is 7.57. The van der Waals surface area contributed by atoms with E-state index < -0.39 is 0 Å². The molecule has 0 unspecified atom stereocenters. The van der Waals surface area contributed by atoms with Crippen LogP contribution in [0.5, 0.6) is 0 Å². The number of fused-ring (bicyclic) bond motifs is 14. The van der Waals surface area contributed by atoms with Crippen molar-refractivity contribution in [1.82, 2.24) is 33.2 Å². The molecule has 0 saturated carbocycles. The highest BCUT2D eigenvalue weighted by atomic mass is 16.2. The molecule has 0 saturated heterocycles. The molecule has 0 radical (unpaired) electrons. The van der Waals surface area contributed by atoms with Gasteiger partial charge in [0.2, 0.25) is 11.9 Å². The van der Waals surface area contributed by atoms with Crippen LogP contribution in [0.15, 0.2) is 212 Å². The molecule has 0 fully saturated rings. The van der Waals surface area contributed by atoms with Gasteiger partial charge in [0.05, 0.1) is 44.1 Å². The van der Waals surface area contributed by atoms with Crippen molar-refractivity contribution >= 4 is 87.2 Å². The van der Waals surface area contributed by atoms with Crippen molar-refractivity contribution in [2.24, 2.45) is 0 Å². The topological polar surface area (TPSA) is 78.6 Å². The molecule has 0 spiro atoms. The summed E-state index contributed by atoms with van der Waals surface area (Å²) in [7, 11) is 0. The van der Waals surface area contributed by atoms with Crippen LogP contribution in [0.4, 0.5) is 0 Å². The van der Waals surface area contributed by atoms with Gasteiger partial charge in [-0.05, 0) is 73.7 Å². The molecule has 8 heteroatoms. The van der Waals surface area contributed by atoms with E-state index in [0.717, 1.165) is 93.4 Å². The van der Waals surface area contributed by atoms with Crippen molar-refractivity contribution in [2.45, 2.75) is 6.92 Å². The minimum absolute atomic E-state index is 0.250. The van der Waals surface area contributed by atoms with Crippen molar-refractivity contribution in [3.05, 3.63) is 212 Å². The fraction of sp³-hybridized carbons (Fsp3) is 0.0339. The van der Waals surface area contributed by atoms with Gasteiger partial charge in [0.15, 0.2) is 5.82 Å². The van der Waals surface area contributed by atoms with Gasteiger partial charge in [-0.15, -0.1) is 0 Å². The summed E-state index contributed by atoms with van der Waals surface area (Å²) in [6.07, 6.45) is 0. The first-order chi connectivity index (χ1) is 33.2. The summed E-state index contributed by atoms with van der Waals surface area (Å²) in [5.74, 6) is 1.69. The highest BCUT2D eigenvalue weighted by molar-refractivity contribution is 6.29. The van der Waals surface area contributed by atoms with Gasteiger partial charge < -0.3 is 14.2 Å². The van der Waals surface area contributed by atoms with Gasteiger partial charge in [-0.25, -0.2) is 0 Å². The fourth-order valence-corrected chi connectivity index (χ4v) is 10.4. The summed E-state index contributed by atoms with van der Waals surface area (Å²) in [4.78, 5) is 16.4. The lowest BCUT2D eigenvalue weighted by Gasteiger charge is -2.13. The summed E-state index contributed by atoms with van der Waals surface area (Å²) in [6, 6.07) is 75.3. The Morgan fingerprint density at radius 2 is 0.701 bits per heavy atom. The number of rotatable bonds is 5. The molecule has 14 rings (SSSR count). The normalized spacial score (nSPS) is 11.8. The molecule has 0 atom stereocenters. The largest absolute Gasteiger partial charge is 0.397 e. The van der Waals surface area contributed by atoms with E-state index in [1.807, 2.05) is 18.2 Å². The Kier molecular flexibility index (Phi) is 8.87.